The van der Waals surface area contributed by atoms with Crippen LogP contribution in [0.25, 0.3) is 10.9 Å². The van der Waals surface area contributed by atoms with E-state index in [1.165, 1.54) is 11.8 Å². The molecule has 0 bridgehead atoms. The molecule has 7 heteroatoms. The molecular formula is C21H21BrN2O3S. The van der Waals surface area contributed by atoms with Gasteiger partial charge in [-0.3, -0.25) is 14.2 Å². The number of thioether (sulfide) groups is 1. The van der Waals surface area contributed by atoms with E-state index in [0.29, 0.717) is 41.2 Å². The van der Waals surface area contributed by atoms with Crippen molar-refractivity contribution in [3.05, 3.63) is 68.9 Å². The molecule has 0 amide bonds. The van der Waals surface area contributed by atoms with E-state index in [1.54, 1.807) is 29.9 Å². The van der Waals surface area contributed by atoms with Crippen LogP contribution in [0, 0.1) is 0 Å². The summed E-state index contributed by atoms with van der Waals surface area (Å²) in [4.78, 5) is 30.5. The number of fused-ring (bicyclic) bond motifs is 1. The van der Waals surface area contributed by atoms with Crippen LogP contribution in [0.5, 0.6) is 0 Å². The summed E-state index contributed by atoms with van der Waals surface area (Å²) < 4.78 is 7.69. The second-order valence-electron chi connectivity index (χ2n) is 6.35. The minimum atomic E-state index is -0.372. The van der Waals surface area contributed by atoms with Crippen LogP contribution < -0.4 is 5.56 Å². The van der Waals surface area contributed by atoms with Gasteiger partial charge in [0.1, 0.15) is 0 Å². The molecule has 0 aliphatic carbocycles. The predicted octanol–water partition coefficient (Wildman–Crippen LogP) is 4.56. The Morgan fingerprint density at radius 3 is 2.64 bits per heavy atom. The van der Waals surface area contributed by atoms with Crippen LogP contribution in [0.2, 0.25) is 0 Å². The molecule has 0 fully saturated rings. The van der Waals surface area contributed by atoms with Gasteiger partial charge in [0.25, 0.3) is 5.56 Å². The largest absolute Gasteiger partial charge is 0.385 e. The average Bonchev–Trinajstić information content (AvgIpc) is 2.70. The van der Waals surface area contributed by atoms with Crippen LogP contribution in [0.1, 0.15) is 23.7 Å². The van der Waals surface area contributed by atoms with Crippen molar-refractivity contribution in [3.8, 4) is 0 Å². The molecule has 1 aromatic heterocycles. The Morgan fingerprint density at radius 2 is 1.93 bits per heavy atom. The SMILES string of the molecule is COCCCn1c(SC(C)C(=O)c2ccc(Br)cc2)nc2ccccc2c1=O. The molecule has 2 aromatic carbocycles. The zero-order chi connectivity index (χ0) is 20.1. The van der Waals surface area contributed by atoms with Crippen molar-refractivity contribution >= 4 is 44.4 Å². The highest BCUT2D eigenvalue weighted by atomic mass is 79.9. The molecule has 3 aromatic rings. The molecule has 0 saturated heterocycles. The summed E-state index contributed by atoms with van der Waals surface area (Å²) in [5, 5.41) is 0.761. The molecule has 1 atom stereocenters. The number of halogens is 1. The van der Waals surface area contributed by atoms with Crippen molar-refractivity contribution in [2.45, 2.75) is 30.3 Å². The zero-order valence-corrected chi connectivity index (χ0v) is 18.1. The van der Waals surface area contributed by atoms with Crippen molar-refractivity contribution in [3.63, 3.8) is 0 Å². The Kier molecular flexibility index (Phi) is 7.04. The Labute approximate surface area is 176 Å². The molecule has 1 heterocycles. The normalized spacial score (nSPS) is 12.2. The van der Waals surface area contributed by atoms with E-state index in [2.05, 4.69) is 20.9 Å². The number of hydrogen-bond donors (Lipinski definition) is 0. The third-order valence-electron chi connectivity index (χ3n) is 4.34. The quantitative estimate of drug-likeness (QED) is 0.213. The first kappa shape index (κ1) is 20.8. The van der Waals surface area contributed by atoms with E-state index in [0.717, 1.165) is 4.47 Å². The second-order valence-corrected chi connectivity index (χ2v) is 8.57. The van der Waals surface area contributed by atoms with Crippen molar-refractivity contribution in [1.82, 2.24) is 9.55 Å². The van der Waals surface area contributed by atoms with Gasteiger partial charge in [-0.05, 0) is 37.6 Å². The number of carbonyl (C=O) groups excluding carboxylic acids is 1. The lowest BCUT2D eigenvalue weighted by atomic mass is 10.1. The van der Waals surface area contributed by atoms with Gasteiger partial charge in [0, 0.05) is 30.3 Å². The summed E-state index contributed by atoms with van der Waals surface area (Å²) in [6.45, 7) is 2.89. The van der Waals surface area contributed by atoms with Crippen LogP contribution in [0.4, 0.5) is 0 Å². The topological polar surface area (TPSA) is 61.2 Å². The summed E-state index contributed by atoms with van der Waals surface area (Å²) in [6, 6.07) is 14.6. The number of nitrogens with zero attached hydrogens (tertiary/aromatic N) is 2. The van der Waals surface area contributed by atoms with Crippen molar-refractivity contribution in [2.75, 3.05) is 13.7 Å². The van der Waals surface area contributed by atoms with Gasteiger partial charge in [0.2, 0.25) is 0 Å². The zero-order valence-electron chi connectivity index (χ0n) is 15.7. The molecular weight excluding hydrogens is 440 g/mol. The maximum absolute atomic E-state index is 13.0. The summed E-state index contributed by atoms with van der Waals surface area (Å²) in [5.41, 5.74) is 1.19. The fourth-order valence-corrected chi connectivity index (χ4v) is 4.14. The van der Waals surface area contributed by atoms with E-state index in [1.807, 2.05) is 37.3 Å². The molecule has 1 unspecified atom stereocenters. The fraction of sp³-hybridized carbons (Fsp3) is 0.286. The van der Waals surface area contributed by atoms with E-state index >= 15 is 0 Å². The number of benzene rings is 2. The number of ether oxygens (including phenoxy) is 1. The Balaban J connectivity index is 1.93. The fourth-order valence-electron chi connectivity index (χ4n) is 2.86. The lowest BCUT2D eigenvalue weighted by Crippen LogP contribution is -2.25. The highest BCUT2D eigenvalue weighted by Gasteiger charge is 2.20. The predicted molar refractivity (Wildman–Crippen MR) is 116 cm³/mol. The van der Waals surface area contributed by atoms with Gasteiger partial charge in [0.05, 0.1) is 16.2 Å². The molecule has 3 rings (SSSR count). The van der Waals surface area contributed by atoms with E-state index in [-0.39, 0.29) is 16.6 Å². The lowest BCUT2D eigenvalue weighted by molar-refractivity contribution is 0.0993. The summed E-state index contributed by atoms with van der Waals surface area (Å²) >= 11 is 4.70. The van der Waals surface area contributed by atoms with Gasteiger partial charge in [-0.25, -0.2) is 4.98 Å². The minimum absolute atomic E-state index is 0.00310. The first-order valence-corrected chi connectivity index (χ1v) is 10.6. The van der Waals surface area contributed by atoms with Crippen molar-refractivity contribution in [2.24, 2.45) is 0 Å². The number of rotatable bonds is 8. The molecule has 0 N–H and O–H groups in total. The van der Waals surface area contributed by atoms with Gasteiger partial charge in [-0.2, -0.15) is 0 Å². The highest BCUT2D eigenvalue weighted by Crippen LogP contribution is 2.25. The third-order valence-corrected chi connectivity index (χ3v) is 5.96. The van der Waals surface area contributed by atoms with Crippen LogP contribution in [0.15, 0.2) is 63.0 Å². The molecule has 5 nitrogen and oxygen atoms in total. The lowest BCUT2D eigenvalue weighted by Gasteiger charge is -2.16. The number of hydrogen-bond acceptors (Lipinski definition) is 5. The number of methoxy groups -OCH3 is 1. The van der Waals surface area contributed by atoms with E-state index in [9.17, 15) is 9.59 Å². The number of aromatic nitrogens is 2. The summed E-state index contributed by atoms with van der Waals surface area (Å²) in [7, 11) is 1.63. The Morgan fingerprint density at radius 1 is 1.21 bits per heavy atom. The van der Waals surface area contributed by atoms with Crippen LogP contribution >= 0.6 is 27.7 Å². The van der Waals surface area contributed by atoms with Gasteiger partial charge in [-0.1, -0.05) is 52.0 Å². The molecule has 0 spiro atoms. The Bertz CT molecular complexity index is 1030. The monoisotopic (exact) mass is 460 g/mol. The summed E-state index contributed by atoms with van der Waals surface area (Å²) in [5.74, 6) is 0.00310. The number of ketones is 1. The average molecular weight is 461 g/mol. The molecule has 0 radical (unpaired) electrons. The van der Waals surface area contributed by atoms with Gasteiger partial charge < -0.3 is 4.74 Å². The molecule has 0 aliphatic rings. The van der Waals surface area contributed by atoms with Crippen LogP contribution in [0.3, 0.4) is 0 Å². The first-order valence-electron chi connectivity index (χ1n) is 8.96. The maximum atomic E-state index is 13.0. The van der Waals surface area contributed by atoms with E-state index in [4.69, 9.17) is 4.74 Å². The van der Waals surface area contributed by atoms with Gasteiger partial charge in [0.15, 0.2) is 10.9 Å². The minimum Gasteiger partial charge on any atom is -0.385 e. The third kappa shape index (κ3) is 4.71. The summed E-state index contributed by atoms with van der Waals surface area (Å²) in [6.07, 6.45) is 0.693. The second kappa shape index (κ2) is 9.49. The van der Waals surface area contributed by atoms with Crippen LogP contribution in [-0.2, 0) is 11.3 Å². The molecule has 146 valence electrons. The van der Waals surface area contributed by atoms with Crippen molar-refractivity contribution in [1.29, 1.82) is 0 Å². The number of carbonyl (C=O) groups is 1. The van der Waals surface area contributed by atoms with E-state index < -0.39 is 0 Å². The molecule has 0 aliphatic heterocycles. The molecule has 28 heavy (non-hydrogen) atoms. The maximum Gasteiger partial charge on any atom is 0.262 e. The van der Waals surface area contributed by atoms with Gasteiger partial charge >= 0.3 is 0 Å². The van der Waals surface area contributed by atoms with Gasteiger partial charge in [-0.15, -0.1) is 0 Å². The highest BCUT2D eigenvalue weighted by molar-refractivity contribution is 9.10. The smallest absolute Gasteiger partial charge is 0.262 e. The standard InChI is InChI=1S/C21H21BrN2O3S/c1-14(19(25)15-8-10-16(22)11-9-15)28-21-23-18-7-4-3-6-17(18)20(26)24(21)12-5-13-27-2/h3-4,6-11,14H,5,12-13H2,1-2H3. The number of para-hydroxylation sites is 1. The van der Waals surface area contributed by atoms with Crippen molar-refractivity contribution < 1.29 is 9.53 Å². The van der Waals surface area contributed by atoms with Crippen LogP contribution in [-0.4, -0.2) is 34.3 Å². The molecule has 0 saturated carbocycles. The number of Topliss-reactive ketones (excluding diaryl/α,β-unsaturated/α-hetero) is 1. The first-order chi connectivity index (χ1) is 13.5. The Hall–Kier alpha value is -1.96.